The molecule has 2 amide bonds. The number of carbonyl (C=O) groups is 2. The second-order valence-corrected chi connectivity index (χ2v) is 5.95. The molecule has 2 aromatic carbocycles. The fourth-order valence-corrected chi connectivity index (χ4v) is 2.67. The fourth-order valence-electron chi connectivity index (χ4n) is 2.67. The van der Waals surface area contributed by atoms with Crippen LogP contribution in [0.3, 0.4) is 0 Å². The van der Waals surface area contributed by atoms with Crippen molar-refractivity contribution >= 4 is 28.3 Å². The molecule has 124 valence electrons. The van der Waals surface area contributed by atoms with Gasteiger partial charge in [-0.05, 0) is 17.5 Å². The van der Waals surface area contributed by atoms with Gasteiger partial charge in [-0.25, -0.2) is 0 Å². The Morgan fingerprint density at radius 2 is 1.83 bits per heavy atom. The molecule has 6 nitrogen and oxygen atoms in total. The molecule has 0 spiro atoms. The molecular weight excluding hydrogens is 304 g/mol. The van der Waals surface area contributed by atoms with Gasteiger partial charge >= 0.3 is 11.8 Å². The average Bonchev–Trinajstić information content (AvgIpc) is 2.61. The first-order valence-corrected chi connectivity index (χ1v) is 7.99. The maximum absolute atomic E-state index is 12.1. The Bertz CT molecular complexity index is 795. The summed E-state index contributed by atoms with van der Waals surface area (Å²) in [7, 11) is 2.11. The van der Waals surface area contributed by atoms with Crippen molar-refractivity contribution in [2.24, 2.45) is 0 Å². The van der Waals surface area contributed by atoms with E-state index in [1.165, 1.54) is 4.90 Å². The number of anilines is 1. The highest BCUT2D eigenvalue weighted by atomic mass is 16.2. The van der Waals surface area contributed by atoms with E-state index in [1.807, 2.05) is 42.5 Å². The number of quaternary nitrogens is 1. The standard InChI is InChI=1S/C18H20N4O2/c1-22-11-9-14(10-12-22)20-21-18(24)17(23)19-16-8-4-6-13-5-2-3-7-15(13)16/h2-9,20H,10-12H2,1H3,(H,19,23)(H,21,24)/p+1. The highest BCUT2D eigenvalue weighted by Crippen LogP contribution is 2.22. The Morgan fingerprint density at radius 1 is 1.04 bits per heavy atom. The van der Waals surface area contributed by atoms with E-state index in [2.05, 4.69) is 23.2 Å². The zero-order chi connectivity index (χ0) is 16.9. The minimum absolute atomic E-state index is 0.621. The highest BCUT2D eigenvalue weighted by molar-refractivity contribution is 6.40. The van der Waals surface area contributed by atoms with Gasteiger partial charge < -0.3 is 15.6 Å². The molecule has 2 aromatic rings. The van der Waals surface area contributed by atoms with Crippen molar-refractivity contribution in [2.45, 2.75) is 6.42 Å². The molecule has 1 aliphatic heterocycles. The van der Waals surface area contributed by atoms with Gasteiger partial charge in [-0.15, -0.1) is 0 Å². The zero-order valence-electron chi connectivity index (χ0n) is 13.6. The maximum Gasteiger partial charge on any atom is 0.327 e. The third kappa shape index (κ3) is 3.72. The Balaban J connectivity index is 1.61. The third-order valence-electron chi connectivity index (χ3n) is 4.10. The Kier molecular flexibility index (Phi) is 4.77. The summed E-state index contributed by atoms with van der Waals surface area (Å²) in [4.78, 5) is 25.5. The van der Waals surface area contributed by atoms with Crippen LogP contribution < -0.4 is 21.1 Å². The quantitative estimate of drug-likeness (QED) is 0.481. The van der Waals surface area contributed by atoms with Crippen molar-refractivity contribution in [3.05, 3.63) is 54.2 Å². The van der Waals surface area contributed by atoms with Gasteiger partial charge in [-0.3, -0.25) is 15.0 Å². The number of hydrogen-bond acceptors (Lipinski definition) is 3. The summed E-state index contributed by atoms with van der Waals surface area (Å²) < 4.78 is 0. The number of fused-ring (bicyclic) bond motifs is 1. The lowest BCUT2D eigenvalue weighted by atomic mass is 10.1. The number of amides is 2. The molecule has 1 atom stereocenters. The van der Waals surface area contributed by atoms with Gasteiger partial charge in [0.1, 0.15) is 0 Å². The summed E-state index contributed by atoms with van der Waals surface area (Å²) in [5, 5.41) is 4.57. The van der Waals surface area contributed by atoms with E-state index in [0.29, 0.717) is 5.69 Å². The lowest BCUT2D eigenvalue weighted by Crippen LogP contribution is -3.09. The van der Waals surface area contributed by atoms with E-state index in [9.17, 15) is 9.59 Å². The van der Waals surface area contributed by atoms with Crippen molar-refractivity contribution in [3.8, 4) is 0 Å². The fraction of sp³-hybridized carbons (Fsp3) is 0.222. The summed E-state index contributed by atoms with van der Waals surface area (Å²) >= 11 is 0. The molecule has 1 aliphatic rings. The Morgan fingerprint density at radius 3 is 2.62 bits per heavy atom. The van der Waals surface area contributed by atoms with E-state index in [-0.39, 0.29) is 0 Å². The molecule has 3 rings (SSSR count). The summed E-state index contributed by atoms with van der Waals surface area (Å²) in [5.41, 5.74) is 6.85. The lowest BCUT2D eigenvalue weighted by Gasteiger charge is -2.20. The van der Waals surface area contributed by atoms with E-state index in [0.717, 1.165) is 36.0 Å². The molecule has 0 saturated heterocycles. The summed E-state index contributed by atoms with van der Waals surface area (Å²) in [5.74, 6) is -1.41. The molecule has 0 saturated carbocycles. The predicted octanol–water partition coefficient (Wildman–Crippen LogP) is 0.201. The smallest absolute Gasteiger partial charge is 0.327 e. The van der Waals surface area contributed by atoms with Crippen LogP contribution in [0.25, 0.3) is 10.8 Å². The molecule has 6 heteroatoms. The van der Waals surface area contributed by atoms with E-state index >= 15 is 0 Å². The van der Waals surface area contributed by atoms with E-state index < -0.39 is 11.8 Å². The van der Waals surface area contributed by atoms with Crippen LogP contribution in [0.2, 0.25) is 0 Å². The summed E-state index contributed by atoms with van der Waals surface area (Å²) in [6.45, 7) is 1.90. The Hall–Kier alpha value is -2.86. The minimum Gasteiger partial charge on any atom is -0.334 e. The molecule has 1 unspecified atom stereocenters. The van der Waals surface area contributed by atoms with Crippen LogP contribution in [0.5, 0.6) is 0 Å². The van der Waals surface area contributed by atoms with Crippen LogP contribution in [-0.2, 0) is 9.59 Å². The number of hydrogen-bond donors (Lipinski definition) is 4. The number of nitrogens with one attached hydrogen (secondary N) is 4. The van der Waals surface area contributed by atoms with Gasteiger partial charge in [-0.1, -0.05) is 36.4 Å². The third-order valence-corrected chi connectivity index (χ3v) is 4.10. The topological polar surface area (TPSA) is 74.7 Å². The van der Waals surface area contributed by atoms with Crippen LogP contribution in [0.1, 0.15) is 6.42 Å². The molecule has 24 heavy (non-hydrogen) atoms. The van der Waals surface area contributed by atoms with Crippen LogP contribution in [-0.4, -0.2) is 32.0 Å². The van der Waals surface area contributed by atoms with Gasteiger partial charge in [0.25, 0.3) is 0 Å². The molecule has 1 heterocycles. The van der Waals surface area contributed by atoms with Gasteiger partial charge in [0.2, 0.25) is 0 Å². The second kappa shape index (κ2) is 7.14. The average molecular weight is 325 g/mol. The number of carbonyl (C=O) groups excluding carboxylic acids is 2. The second-order valence-electron chi connectivity index (χ2n) is 5.95. The van der Waals surface area contributed by atoms with Gasteiger partial charge in [0.15, 0.2) is 0 Å². The van der Waals surface area contributed by atoms with Gasteiger partial charge in [0.05, 0.1) is 20.1 Å². The van der Waals surface area contributed by atoms with Crippen molar-refractivity contribution < 1.29 is 14.5 Å². The monoisotopic (exact) mass is 325 g/mol. The zero-order valence-corrected chi connectivity index (χ0v) is 13.6. The van der Waals surface area contributed by atoms with Gasteiger partial charge in [-0.2, -0.15) is 0 Å². The summed E-state index contributed by atoms with van der Waals surface area (Å²) in [6, 6.07) is 13.3. The van der Waals surface area contributed by atoms with Crippen molar-refractivity contribution in [2.75, 3.05) is 25.5 Å². The molecule has 0 radical (unpaired) electrons. The maximum atomic E-state index is 12.1. The molecular formula is C18H21N4O2+. The van der Waals surface area contributed by atoms with Crippen molar-refractivity contribution in [3.63, 3.8) is 0 Å². The Labute approximate surface area is 140 Å². The molecule has 0 fully saturated rings. The number of hydrazine groups is 1. The van der Waals surface area contributed by atoms with Crippen LogP contribution in [0, 0.1) is 0 Å². The number of rotatable bonds is 3. The van der Waals surface area contributed by atoms with E-state index in [4.69, 9.17) is 0 Å². The van der Waals surface area contributed by atoms with Crippen LogP contribution >= 0.6 is 0 Å². The largest absolute Gasteiger partial charge is 0.334 e. The van der Waals surface area contributed by atoms with Crippen LogP contribution in [0.15, 0.2) is 54.2 Å². The highest BCUT2D eigenvalue weighted by Gasteiger charge is 2.16. The first-order valence-electron chi connectivity index (χ1n) is 7.99. The first-order chi connectivity index (χ1) is 11.6. The molecule has 0 aromatic heterocycles. The lowest BCUT2D eigenvalue weighted by molar-refractivity contribution is -0.875. The van der Waals surface area contributed by atoms with E-state index in [1.54, 1.807) is 6.07 Å². The first kappa shape index (κ1) is 16.0. The number of benzene rings is 2. The van der Waals surface area contributed by atoms with Crippen molar-refractivity contribution in [1.29, 1.82) is 0 Å². The molecule has 0 aliphatic carbocycles. The van der Waals surface area contributed by atoms with Crippen molar-refractivity contribution in [1.82, 2.24) is 10.9 Å². The predicted molar refractivity (Wildman–Crippen MR) is 93.2 cm³/mol. The molecule has 0 bridgehead atoms. The van der Waals surface area contributed by atoms with Gasteiger partial charge in [0, 0.05) is 23.2 Å². The summed E-state index contributed by atoms with van der Waals surface area (Å²) in [6.07, 6.45) is 2.87. The van der Waals surface area contributed by atoms with Crippen LogP contribution in [0.4, 0.5) is 5.69 Å². The normalized spacial score (nSPS) is 17.0. The SMILES string of the molecule is C[NH+]1CC=C(NNC(=O)C(=O)Nc2cccc3ccccc23)CC1. The number of likely N-dealkylation sites (N-methyl/N-ethyl adjacent to an activating group) is 1. The molecule has 4 N–H and O–H groups in total. The minimum atomic E-state index is -0.713.